The molecule has 0 radical (unpaired) electrons. The fourth-order valence-electron chi connectivity index (χ4n) is 3.86. The maximum Gasteiger partial charge on any atom is 0.420 e. The molecule has 0 N–H and O–H groups in total. The number of aromatic nitrogens is 1. The number of carbonyl (C=O) groups excluding carboxylic acids is 1. The monoisotopic (exact) mass is 409 g/mol. The molecule has 0 saturated carbocycles. The predicted molar refractivity (Wildman–Crippen MR) is 116 cm³/mol. The molecule has 1 aliphatic heterocycles. The molecule has 7 heteroatoms. The SMILES string of the molecule is CCOC(=O)Cc1cccc(Cn2c(=O)oc3ccc(N4CCN(C)CC4)cc32)c1. The van der Waals surface area contributed by atoms with E-state index in [0.717, 1.165) is 48.5 Å². The first kappa shape index (κ1) is 20.2. The molecule has 30 heavy (non-hydrogen) atoms. The van der Waals surface area contributed by atoms with Gasteiger partial charge in [0.25, 0.3) is 0 Å². The number of hydrogen-bond acceptors (Lipinski definition) is 6. The number of piperazine rings is 1. The lowest BCUT2D eigenvalue weighted by Crippen LogP contribution is -2.44. The van der Waals surface area contributed by atoms with E-state index < -0.39 is 0 Å². The maximum atomic E-state index is 12.5. The molecule has 1 fully saturated rings. The number of esters is 1. The molecule has 0 aliphatic carbocycles. The van der Waals surface area contributed by atoms with Gasteiger partial charge in [-0.2, -0.15) is 0 Å². The van der Waals surface area contributed by atoms with Crippen molar-refractivity contribution in [3.05, 3.63) is 64.1 Å². The van der Waals surface area contributed by atoms with E-state index in [2.05, 4.69) is 16.8 Å². The summed E-state index contributed by atoms with van der Waals surface area (Å²) in [6.07, 6.45) is 0.219. The first-order valence-electron chi connectivity index (χ1n) is 10.3. The summed E-state index contributed by atoms with van der Waals surface area (Å²) in [7, 11) is 2.13. The Bertz CT molecular complexity index is 1090. The third-order valence-corrected chi connectivity index (χ3v) is 5.51. The number of nitrogens with zero attached hydrogens (tertiary/aromatic N) is 3. The first-order valence-corrected chi connectivity index (χ1v) is 10.3. The van der Waals surface area contributed by atoms with Gasteiger partial charge in [0.2, 0.25) is 0 Å². The standard InChI is InChI=1S/C23H27N3O4/c1-3-29-22(27)14-17-5-4-6-18(13-17)16-26-20-15-19(7-8-21(20)30-23(26)28)25-11-9-24(2)10-12-25/h4-8,13,15H,3,9-12,14,16H2,1-2H3. The number of anilines is 1. The summed E-state index contributed by atoms with van der Waals surface area (Å²) in [5, 5.41) is 0. The highest BCUT2D eigenvalue weighted by atomic mass is 16.5. The number of benzene rings is 2. The van der Waals surface area contributed by atoms with E-state index in [-0.39, 0.29) is 18.1 Å². The van der Waals surface area contributed by atoms with Crippen LogP contribution in [-0.4, -0.2) is 55.3 Å². The minimum Gasteiger partial charge on any atom is -0.466 e. The second kappa shape index (κ2) is 8.75. The van der Waals surface area contributed by atoms with E-state index in [1.54, 1.807) is 11.5 Å². The zero-order chi connectivity index (χ0) is 21.1. The number of likely N-dealkylation sites (N-methyl/N-ethyl adjacent to an activating group) is 1. The molecule has 0 bridgehead atoms. The van der Waals surface area contributed by atoms with E-state index in [1.807, 2.05) is 42.5 Å². The highest BCUT2D eigenvalue weighted by Gasteiger charge is 2.17. The Morgan fingerprint density at radius 2 is 1.83 bits per heavy atom. The summed E-state index contributed by atoms with van der Waals surface area (Å²) in [6, 6.07) is 13.6. The van der Waals surface area contributed by atoms with Crippen molar-refractivity contribution in [3.63, 3.8) is 0 Å². The van der Waals surface area contributed by atoms with Crippen LogP contribution < -0.4 is 10.7 Å². The summed E-state index contributed by atoms with van der Waals surface area (Å²) >= 11 is 0. The van der Waals surface area contributed by atoms with Crippen LogP contribution in [0.2, 0.25) is 0 Å². The van der Waals surface area contributed by atoms with Crippen LogP contribution in [0.25, 0.3) is 11.1 Å². The van der Waals surface area contributed by atoms with E-state index in [9.17, 15) is 9.59 Å². The molecule has 0 atom stereocenters. The summed E-state index contributed by atoms with van der Waals surface area (Å²) in [5.41, 5.74) is 4.27. The third kappa shape index (κ3) is 4.41. The normalized spacial score (nSPS) is 14.9. The van der Waals surface area contributed by atoms with Crippen LogP contribution in [0.3, 0.4) is 0 Å². The largest absolute Gasteiger partial charge is 0.466 e. The molecule has 1 aromatic heterocycles. The molecule has 0 unspecified atom stereocenters. The summed E-state index contributed by atoms with van der Waals surface area (Å²) in [6.45, 7) is 6.49. The summed E-state index contributed by atoms with van der Waals surface area (Å²) in [5.74, 6) is -0.631. The Morgan fingerprint density at radius 1 is 1.07 bits per heavy atom. The minimum absolute atomic E-state index is 0.219. The topological polar surface area (TPSA) is 67.9 Å². The fraction of sp³-hybridized carbons (Fsp3) is 0.391. The van der Waals surface area contributed by atoms with Gasteiger partial charge < -0.3 is 19.0 Å². The summed E-state index contributed by atoms with van der Waals surface area (Å²) in [4.78, 5) is 28.9. The van der Waals surface area contributed by atoms with Crippen LogP contribution in [0.4, 0.5) is 5.69 Å². The number of oxazole rings is 1. The number of ether oxygens (including phenoxy) is 1. The molecular formula is C23H27N3O4. The van der Waals surface area contributed by atoms with Crippen molar-refractivity contribution in [1.29, 1.82) is 0 Å². The number of rotatable bonds is 6. The van der Waals surface area contributed by atoms with Gasteiger partial charge in [0.15, 0.2) is 5.58 Å². The van der Waals surface area contributed by atoms with E-state index >= 15 is 0 Å². The van der Waals surface area contributed by atoms with Crippen molar-refractivity contribution in [2.75, 3.05) is 44.7 Å². The van der Waals surface area contributed by atoms with Gasteiger partial charge in [0.05, 0.1) is 25.1 Å². The van der Waals surface area contributed by atoms with Gasteiger partial charge in [-0.25, -0.2) is 4.79 Å². The zero-order valence-electron chi connectivity index (χ0n) is 17.5. The van der Waals surface area contributed by atoms with Crippen molar-refractivity contribution < 1.29 is 13.9 Å². The molecule has 0 amide bonds. The number of hydrogen-bond donors (Lipinski definition) is 0. The predicted octanol–water partition coefficient (Wildman–Crippen LogP) is 2.50. The van der Waals surface area contributed by atoms with Gasteiger partial charge in [0, 0.05) is 31.9 Å². The zero-order valence-corrected chi connectivity index (χ0v) is 17.5. The smallest absolute Gasteiger partial charge is 0.420 e. The van der Waals surface area contributed by atoms with Crippen molar-refractivity contribution in [2.24, 2.45) is 0 Å². The van der Waals surface area contributed by atoms with Crippen molar-refractivity contribution in [1.82, 2.24) is 9.47 Å². The van der Waals surface area contributed by atoms with Gasteiger partial charge in [-0.15, -0.1) is 0 Å². The Kier molecular flexibility index (Phi) is 5.90. The molecule has 3 aromatic rings. The Labute approximate surface area is 175 Å². The van der Waals surface area contributed by atoms with E-state index in [1.165, 1.54) is 0 Å². The van der Waals surface area contributed by atoms with Gasteiger partial charge in [-0.05, 0) is 43.3 Å². The average Bonchev–Trinajstić information content (AvgIpc) is 3.03. The van der Waals surface area contributed by atoms with E-state index in [4.69, 9.17) is 9.15 Å². The molecule has 1 saturated heterocycles. The lowest BCUT2D eigenvalue weighted by atomic mass is 10.1. The highest BCUT2D eigenvalue weighted by molar-refractivity contribution is 5.78. The third-order valence-electron chi connectivity index (χ3n) is 5.51. The van der Waals surface area contributed by atoms with E-state index in [0.29, 0.717) is 18.7 Å². The Hall–Kier alpha value is -3.06. The van der Waals surface area contributed by atoms with Crippen LogP contribution >= 0.6 is 0 Å². The number of carbonyl (C=O) groups is 1. The van der Waals surface area contributed by atoms with Gasteiger partial charge in [0.1, 0.15) is 0 Å². The maximum absolute atomic E-state index is 12.5. The molecule has 2 aromatic carbocycles. The van der Waals surface area contributed by atoms with Crippen molar-refractivity contribution in [3.8, 4) is 0 Å². The number of fused-ring (bicyclic) bond motifs is 1. The second-order valence-electron chi connectivity index (χ2n) is 7.70. The van der Waals surface area contributed by atoms with Gasteiger partial charge in [-0.1, -0.05) is 24.3 Å². The quantitative estimate of drug-likeness (QED) is 0.583. The molecule has 7 nitrogen and oxygen atoms in total. The lowest BCUT2D eigenvalue weighted by molar-refractivity contribution is -0.142. The van der Waals surface area contributed by atoms with Crippen LogP contribution in [-0.2, 0) is 22.5 Å². The lowest BCUT2D eigenvalue weighted by Gasteiger charge is -2.34. The van der Waals surface area contributed by atoms with Crippen molar-refractivity contribution >= 4 is 22.8 Å². The molecule has 1 aliphatic rings. The van der Waals surface area contributed by atoms with Crippen molar-refractivity contribution in [2.45, 2.75) is 19.9 Å². The van der Waals surface area contributed by atoms with Crippen LogP contribution in [0, 0.1) is 0 Å². The molecule has 0 spiro atoms. The molecule has 2 heterocycles. The Balaban J connectivity index is 1.59. The molecule has 4 rings (SSSR count). The molecule has 158 valence electrons. The second-order valence-corrected chi connectivity index (χ2v) is 7.70. The molecular weight excluding hydrogens is 382 g/mol. The average molecular weight is 409 g/mol. The summed E-state index contributed by atoms with van der Waals surface area (Å²) < 4.78 is 12.1. The highest BCUT2D eigenvalue weighted by Crippen LogP contribution is 2.23. The van der Waals surface area contributed by atoms with Gasteiger partial charge in [-0.3, -0.25) is 9.36 Å². The van der Waals surface area contributed by atoms with Crippen LogP contribution in [0.1, 0.15) is 18.1 Å². The fourth-order valence-corrected chi connectivity index (χ4v) is 3.86. The van der Waals surface area contributed by atoms with Gasteiger partial charge >= 0.3 is 11.7 Å². The minimum atomic E-state index is -0.378. The van der Waals surface area contributed by atoms with Crippen LogP contribution in [0.5, 0.6) is 0 Å². The Morgan fingerprint density at radius 3 is 2.60 bits per heavy atom. The first-order chi connectivity index (χ1) is 14.5. The van der Waals surface area contributed by atoms with Crippen LogP contribution in [0.15, 0.2) is 51.7 Å².